The summed E-state index contributed by atoms with van der Waals surface area (Å²) < 4.78 is 5.35. The number of nitrogens with one attached hydrogen (secondary N) is 2. The zero-order chi connectivity index (χ0) is 15.4. The van der Waals surface area contributed by atoms with Crippen LogP contribution >= 0.6 is 12.4 Å². The number of morpholine rings is 1. The van der Waals surface area contributed by atoms with Crippen LogP contribution in [0.3, 0.4) is 0 Å². The molecule has 0 saturated carbocycles. The minimum Gasteiger partial charge on any atom is -0.378 e. The maximum atomic E-state index is 11.9. The van der Waals surface area contributed by atoms with Crippen LogP contribution in [-0.2, 0) is 28.8 Å². The average molecular weight is 341 g/mol. The molecule has 0 bridgehead atoms. The molecular weight excluding hydrogens is 316 g/mol. The molecule has 1 amide bonds. The molecule has 23 heavy (non-hydrogen) atoms. The number of carbonyl (C=O) groups excluding carboxylic acids is 1. The Hall–Kier alpha value is -1.24. The topological polar surface area (TPSA) is 76.1 Å². The Morgan fingerprint density at radius 2 is 2.26 bits per heavy atom. The maximum absolute atomic E-state index is 11.9. The standard InChI is InChI=1S/C16H24N4O2.ClH/c1-11-13-3-2-4-14(13)20-15(19-11)5-6-18-16(21)9-12-10-22-8-7-17-12;/h12,17H,2-10H2,1H3,(H,18,21);1H. The van der Waals surface area contributed by atoms with Crippen LogP contribution in [0.5, 0.6) is 0 Å². The van der Waals surface area contributed by atoms with Gasteiger partial charge in [0.1, 0.15) is 5.82 Å². The Labute approximate surface area is 143 Å². The fourth-order valence-electron chi connectivity index (χ4n) is 3.16. The lowest BCUT2D eigenvalue weighted by Gasteiger charge is -2.23. The molecule has 2 aliphatic rings. The van der Waals surface area contributed by atoms with Crippen molar-refractivity contribution in [2.45, 2.75) is 45.1 Å². The van der Waals surface area contributed by atoms with Crippen LogP contribution in [0.15, 0.2) is 0 Å². The number of hydrogen-bond donors (Lipinski definition) is 2. The first-order valence-electron chi connectivity index (χ1n) is 8.15. The molecule has 2 N–H and O–H groups in total. The Morgan fingerprint density at radius 3 is 3.04 bits per heavy atom. The largest absolute Gasteiger partial charge is 0.378 e. The molecule has 1 aromatic heterocycles. The lowest BCUT2D eigenvalue weighted by atomic mass is 10.2. The first-order chi connectivity index (χ1) is 10.7. The van der Waals surface area contributed by atoms with Gasteiger partial charge in [0.25, 0.3) is 0 Å². The minimum absolute atomic E-state index is 0. The van der Waals surface area contributed by atoms with Gasteiger partial charge in [0.15, 0.2) is 0 Å². The second kappa shape index (κ2) is 8.57. The predicted molar refractivity (Wildman–Crippen MR) is 90.0 cm³/mol. The smallest absolute Gasteiger partial charge is 0.221 e. The highest BCUT2D eigenvalue weighted by Crippen LogP contribution is 2.22. The lowest BCUT2D eigenvalue weighted by Crippen LogP contribution is -2.44. The van der Waals surface area contributed by atoms with E-state index in [0.29, 0.717) is 26.0 Å². The molecule has 1 fully saturated rings. The molecule has 1 atom stereocenters. The number of aryl methyl sites for hydroxylation is 2. The molecule has 7 heteroatoms. The summed E-state index contributed by atoms with van der Waals surface area (Å²) in [6, 6.07) is 0.132. The van der Waals surface area contributed by atoms with Crippen molar-refractivity contribution in [1.29, 1.82) is 0 Å². The Kier molecular flexibility index (Phi) is 6.74. The van der Waals surface area contributed by atoms with Crippen molar-refractivity contribution < 1.29 is 9.53 Å². The van der Waals surface area contributed by atoms with Gasteiger partial charge in [0, 0.05) is 43.4 Å². The van der Waals surface area contributed by atoms with E-state index in [4.69, 9.17) is 4.74 Å². The van der Waals surface area contributed by atoms with Crippen LogP contribution in [0.25, 0.3) is 0 Å². The van der Waals surface area contributed by atoms with E-state index >= 15 is 0 Å². The summed E-state index contributed by atoms with van der Waals surface area (Å²) in [5.41, 5.74) is 3.64. The first kappa shape index (κ1) is 18.1. The monoisotopic (exact) mass is 340 g/mol. The summed E-state index contributed by atoms with van der Waals surface area (Å²) >= 11 is 0. The Morgan fingerprint density at radius 1 is 1.39 bits per heavy atom. The van der Waals surface area contributed by atoms with Crippen molar-refractivity contribution in [3.8, 4) is 0 Å². The second-order valence-corrected chi connectivity index (χ2v) is 6.03. The number of hydrogen-bond acceptors (Lipinski definition) is 5. The zero-order valence-corrected chi connectivity index (χ0v) is 14.4. The normalized spacial score (nSPS) is 19.8. The molecule has 1 unspecified atom stereocenters. The third kappa shape index (κ3) is 4.86. The first-order valence-corrected chi connectivity index (χ1v) is 8.15. The van der Waals surface area contributed by atoms with Gasteiger partial charge in [-0.25, -0.2) is 9.97 Å². The van der Waals surface area contributed by atoms with Crippen LogP contribution in [0.4, 0.5) is 0 Å². The predicted octanol–water partition coefficient (Wildman–Crippen LogP) is 0.733. The van der Waals surface area contributed by atoms with E-state index in [1.165, 1.54) is 17.7 Å². The molecule has 0 aromatic carbocycles. The maximum Gasteiger partial charge on any atom is 0.221 e. The zero-order valence-electron chi connectivity index (χ0n) is 13.6. The second-order valence-electron chi connectivity index (χ2n) is 6.03. The van der Waals surface area contributed by atoms with Crippen molar-refractivity contribution in [2.75, 3.05) is 26.3 Å². The van der Waals surface area contributed by atoms with Crippen LogP contribution in [0, 0.1) is 6.92 Å². The highest BCUT2D eigenvalue weighted by molar-refractivity contribution is 5.85. The van der Waals surface area contributed by atoms with Gasteiger partial charge >= 0.3 is 0 Å². The fraction of sp³-hybridized carbons (Fsp3) is 0.688. The van der Waals surface area contributed by atoms with Crippen molar-refractivity contribution in [1.82, 2.24) is 20.6 Å². The number of rotatable bonds is 5. The van der Waals surface area contributed by atoms with Crippen LogP contribution in [-0.4, -0.2) is 48.2 Å². The van der Waals surface area contributed by atoms with Gasteiger partial charge in [-0.2, -0.15) is 0 Å². The van der Waals surface area contributed by atoms with E-state index in [-0.39, 0.29) is 24.4 Å². The summed E-state index contributed by atoms with van der Waals surface area (Å²) in [5, 5.41) is 6.23. The molecule has 1 aromatic rings. The number of halogens is 1. The van der Waals surface area contributed by atoms with E-state index in [1.807, 2.05) is 0 Å². The number of ether oxygens (including phenoxy) is 1. The summed E-state index contributed by atoms with van der Waals surface area (Å²) in [4.78, 5) is 21.1. The van der Waals surface area contributed by atoms with Crippen LogP contribution in [0.1, 0.15) is 35.6 Å². The average Bonchev–Trinajstić information content (AvgIpc) is 2.97. The molecule has 128 valence electrons. The Balaban J connectivity index is 0.00000192. The summed E-state index contributed by atoms with van der Waals surface area (Å²) in [5.74, 6) is 0.901. The third-order valence-corrected chi connectivity index (χ3v) is 4.29. The van der Waals surface area contributed by atoms with E-state index in [1.54, 1.807) is 0 Å². The summed E-state index contributed by atoms with van der Waals surface area (Å²) in [6.07, 6.45) is 4.50. The summed E-state index contributed by atoms with van der Waals surface area (Å²) in [6.45, 7) is 4.81. The highest BCUT2D eigenvalue weighted by Gasteiger charge is 2.18. The van der Waals surface area contributed by atoms with E-state index in [2.05, 4.69) is 27.5 Å². The van der Waals surface area contributed by atoms with Gasteiger partial charge in [-0.1, -0.05) is 0 Å². The quantitative estimate of drug-likeness (QED) is 0.826. The number of aromatic nitrogens is 2. The van der Waals surface area contributed by atoms with E-state index < -0.39 is 0 Å². The number of amides is 1. The minimum atomic E-state index is 0. The fourth-order valence-corrected chi connectivity index (χ4v) is 3.16. The third-order valence-electron chi connectivity index (χ3n) is 4.29. The van der Waals surface area contributed by atoms with Crippen molar-refractivity contribution in [3.63, 3.8) is 0 Å². The van der Waals surface area contributed by atoms with Crippen LogP contribution < -0.4 is 10.6 Å². The molecule has 1 aliphatic heterocycles. The van der Waals surface area contributed by atoms with Gasteiger partial charge in [-0.15, -0.1) is 12.4 Å². The van der Waals surface area contributed by atoms with Gasteiger partial charge in [0.05, 0.1) is 13.2 Å². The van der Waals surface area contributed by atoms with Crippen LogP contribution in [0.2, 0.25) is 0 Å². The van der Waals surface area contributed by atoms with E-state index in [0.717, 1.165) is 37.5 Å². The van der Waals surface area contributed by atoms with Gasteiger partial charge in [-0.3, -0.25) is 4.79 Å². The van der Waals surface area contributed by atoms with Crippen molar-refractivity contribution in [3.05, 3.63) is 22.8 Å². The molecule has 1 saturated heterocycles. The lowest BCUT2D eigenvalue weighted by molar-refractivity contribution is -0.122. The number of fused-ring (bicyclic) bond motifs is 1. The molecule has 0 radical (unpaired) electrons. The number of nitrogens with zero attached hydrogens (tertiary/aromatic N) is 2. The van der Waals surface area contributed by atoms with Gasteiger partial charge < -0.3 is 15.4 Å². The molecule has 1 aliphatic carbocycles. The highest BCUT2D eigenvalue weighted by atomic mass is 35.5. The number of carbonyl (C=O) groups is 1. The van der Waals surface area contributed by atoms with Gasteiger partial charge in [0.2, 0.25) is 5.91 Å². The summed E-state index contributed by atoms with van der Waals surface area (Å²) in [7, 11) is 0. The molecule has 6 nitrogen and oxygen atoms in total. The van der Waals surface area contributed by atoms with E-state index in [9.17, 15) is 4.79 Å². The molecule has 2 heterocycles. The molecule has 0 spiro atoms. The molecule has 3 rings (SSSR count). The SMILES string of the molecule is Cc1nc(CCNC(=O)CC2COCCN2)nc2c1CCC2.Cl. The van der Waals surface area contributed by atoms with Gasteiger partial charge in [-0.05, 0) is 31.7 Å². The van der Waals surface area contributed by atoms with Crippen molar-refractivity contribution in [2.24, 2.45) is 0 Å². The molecular formula is C16H25ClN4O2. The van der Waals surface area contributed by atoms with Crippen molar-refractivity contribution >= 4 is 18.3 Å². The Bertz CT molecular complexity index is 547.